The van der Waals surface area contributed by atoms with Gasteiger partial charge in [-0.25, -0.2) is 9.97 Å². The molecule has 0 amide bonds. The first-order valence-electron chi connectivity index (χ1n) is 5.30. The fourth-order valence-electron chi connectivity index (χ4n) is 1.26. The smallest absolute Gasteiger partial charge is 0.130 e. The summed E-state index contributed by atoms with van der Waals surface area (Å²) in [5, 5.41) is 0. The molecule has 2 N–H and O–H groups in total. The van der Waals surface area contributed by atoms with Gasteiger partial charge in [0.1, 0.15) is 5.82 Å². The standard InChI is InChI=1S/C11H19N3O/c1-3-10(12)6-9-7-13-11(14-8-9)4-5-15-2/h7-8,10H,3-6,12H2,1-2H3. The molecule has 1 rings (SSSR count). The highest BCUT2D eigenvalue weighted by atomic mass is 16.5. The fourth-order valence-corrected chi connectivity index (χ4v) is 1.26. The maximum atomic E-state index is 5.85. The number of hydrogen-bond acceptors (Lipinski definition) is 4. The SMILES string of the molecule is CCC(N)Cc1cnc(CCOC)nc1. The van der Waals surface area contributed by atoms with Gasteiger partial charge >= 0.3 is 0 Å². The second-order valence-corrected chi connectivity index (χ2v) is 3.62. The molecule has 4 nitrogen and oxygen atoms in total. The predicted octanol–water partition coefficient (Wildman–Crippen LogP) is 0.945. The van der Waals surface area contributed by atoms with Gasteiger partial charge in [0.2, 0.25) is 0 Å². The van der Waals surface area contributed by atoms with Gasteiger partial charge < -0.3 is 10.5 Å². The molecule has 0 aromatic carbocycles. The molecule has 1 aromatic rings. The third kappa shape index (κ3) is 4.36. The van der Waals surface area contributed by atoms with Crippen molar-refractivity contribution in [3.05, 3.63) is 23.8 Å². The van der Waals surface area contributed by atoms with Crippen LogP contribution in [0.15, 0.2) is 12.4 Å². The van der Waals surface area contributed by atoms with Crippen molar-refractivity contribution in [2.75, 3.05) is 13.7 Å². The van der Waals surface area contributed by atoms with Gasteiger partial charge in [0, 0.05) is 32.0 Å². The van der Waals surface area contributed by atoms with Gasteiger partial charge in [-0.05, 0) is 18.4 Å². The van der Waals surface area contributed by atoms with E-state index in [2.05, 4.69) is 16.9 Å². The van der Waals surface area contributed by atoms with Gasteiger partial charge in [-0.2, -0.15) is 0 Å². The van der Waals surface area contributed by atoms with Crippen LogP contribution in [0.5, 0.6) is 0 Å². The number of nitrogens with zero attached hydrogens (tertiary/aromatic N) is 2. The van der Waals surface area contributed by atoms with E-state index >= 15 is 0 Å². The summed E-state index contributed by atoms with van der Waals surface area (Å²) in [6, 6.07) is 0.207. The highest BCUT2D eigenvalue weighted by Crippen LogP contribution is 2.02. The van der Waals surface area contributed by atoms with E-state index < -0.39 is 0 Å². The summed E-state index contributed by atoms with van der Waals surface area (Å²) in [4.78, 5) is 8.51. The van der Waals surface area contributed by atoms with E-state index in [0.717, 1.165) is 30.7 Å². The van der Waals surface area contributed by atoms with Gasteiger partial charge in [0.05, 0.1) is 6.61 Å². The molecule has 0 saturated carbocycles. The second kappa shape index (κ2) is 6.48. The second-order valence-electron chi connectivity index (χ2n) is 3.62. The first-order valence-corrected chi connectivity index (χ1v) is 5.30. The molecule has 1 atom stereocenters. The molecule has 0 radical (unpaired) electrons. The summed E-state index contributed by atoms with van der Waals surface area (Å²) in [7, 11) is 1.68. The van der Waals surface area contributed by atoms with Crippen LogP contribution in [0.2, 0.25) is 0 Å². The Labute approximate surface area is 90.9 Å². The molecule has 1 heterocycles. The Morgan fingerprint density at radius 1 is 1.40 bits per heavy atom. The molecule has 0 aliphatic rings. The van der Waals surface area contributed by atoms with Gasteiger partial charge in [0.15, 0.2) is 0 Å². The molecular weight excluding hydrogens is 190 g/mol. The molecule has 0 fully saturated rings. The van der Waals surface area contributed by atoms with Crippen molar-refractivity contribution in [2.45, 2.75) is 32.2 Å². The number of hydrogen-bond donors (Lipinski definition) is 1. The molecule has 0 aliphatic carbocycles. The van der Waals surface area contributed by atoms with Crippen molar-refractivity contribution >= 4 is 0 Å². The normalized spacial score (nSPS) is 12.7. The first-order chi connectivity index (χ1) is 7.26. The Kier molecular flexibility index (Phi) is 5.21. The van der Waals surface area contributed by atoms with Crippen LogP contribution in [-0.4, -0.2) is 29.7 Å². The monoisotopic (exact) mass is 209 g/mol. The number of ether oxygens (including phenoxy) is 1. The quantitative estimate of drug-likeness (QED) is 0.757. The molecule has 0 spiro atoms. The van der Waals surface area contributed by atoms with E-state index in [1.807, 2.05) is 12.4 Å². The lowest BCUT2D eigenvalue weighted by atomic mass is 10.1. The van der Waals surface area contributed by atoms with E-state index in [1.165, 1.54) is 0 Å². The predicted molar refractivity (Wildman–Crippen MR) is 59.6 cm³/mol. The average Bonchev–Trinajstić information content (AvgIpc) is 2.28. The van der Waals surface area contributed by atoms with Gasteiger partial charge in [0.25, 0.3) is 0 Å². The van der Waals surface area contributed by atoms with Gasteiger partial charge in [-0.15, -0.1) is 0 Å². The van der Waals surface area contributed by atoms with E-state index in [9.17, 15) is 0 Å². The van der Waals surface area contributed by atoms with Crippen LogP contribution >= 0.6 is 0 Å². The molecule has 0 saturated heterocycles. The molecular formula is C11H19N3O. The summed E-state index contributed by atoms with van der Waals surface area (Å²) < 4.78 is 4.96. The maximum absolute atomic E-state index is 5.85. The van der Waals surface area contributed by atoms with Crippen molar-refractivity contribution in [1.82, 2.24) is 9.97 Å². The lowest BCUT2D eigenvalue weighted by Gasteiger charge is -2.07. The Balaban J connectivity index is 2.48. The fraction of sp³-hybridized carbons (Fsp3) is 0.636. The third-order valence-corrected chi connectivity index (χ3v) is 2.31. The summed E-state index contributed by atoms with van der Waals surface area (Å²) in [5.74, 6) is 0.825. The van der Waals surface area contributed by atoms with Crippen LogP contribution in [0.1, 0.15) is 24.7 Å². The molecule has 84 valence electrons. The zero-order valence-corrected chi connectivity index (χ0v) is 9.44. The zero-order chi connectivity index (χ0) is 11.1. The highest BCUT2D eigenvalue weighted by molar-refractivity contribution is 5.07. The number of aromatic nitrogens is 2. The minimum absolute atomic E-state index is 0.207. The minimum Gasteiger partial charge on any atom is -0.384 e. The summed E-state index contributed by atoms with van der Waals surface area (Å²) in [6.07, 6.45) is 6.30. The lowest BCUT2D eigenvalue weighted by Crippen LogP contribution is -2.21. The van der Waals surface area contributed by atoms with E-state index in [0.29, 0.717) is 6.61 Å². The van der Waals surface area contributed by atoms with Crippen molar-refractivity contribution in [1.29, 1.82) is 0 Å². The molecule has 4 heteroatoms. The third-order valence-electron chi connectivity index (χ3n) is 2.31. The Bertz CT molecular complexity index is 274. The summed E-state index contributed by atoms with van der Waals surface area (Å²) in [6.45, 7) is 2.74. The Morgan fingerprint density at radius 2 is 2.07 bits per heavy atom. The zero-order valence-electron chi connectivity index (χ0n) is 9.44. The molecule has 1 aromatic heterocycles. The van der Waals surface area contributed by atoms with E-state index in [1.54, 1.807) is 7.11 Å². The van der Waals surface area contributed by atoms with Crippen molar-refractivity contribution in [3.63, 3.8) is 0 Å². The van der Waals surface area contributed by atoms with Crippen molar-refractivity contribution in [2.24, 2.45) is 5.73 Å². The molecule has 15 heavy (non-hydrogen) atoms. The van der Waals surface area contributed by atoms with Crippen molar-refractivity contribution < 1.29 is 4.74 Å². The largest absolute Gasteiger partial charge is 0.384 e. The topological polar surface area (TPSA) is 61.0 Å². The summed E-state index contributed by atoms with van der Waals surface area (Å²) in [5.41, 5.74) is 6.95. The Hall–Kier alpha value is -1.00. The van der Waals surface area contributed by atoms with Crippen molar-refractivity contribution in [3.8, 4) is 0 Å². The molecule has 1 unspecified atom stereocenters. The lowest BCUT2D eigenvalue weighted by molar-refractivity contribution is 0.200. The summed E-state index contributed by atoms with van der Waals surface area (Å²) >= 11 is 0. The minimum atomic E-state index is 0.207. The van der Waals surface area contributed by atoms with Crippen LogP contribution in [-0.2, 0) is 17.6 Å². The van der Waals surface area contributed by atoms with Crippen LogP contribution < -0.4 is 5.73 Å². The van der Waals surface area contributed by atoms with Crippen LogP contribution in [0.4, 0.5) is 0 Å². The Morgan fingerprint density at radius 3 is 2.60 bits per heavy atom. The maximum Gasteiger partial charge on any atom is 0.130 e. The van der Waals surface area contributed by atoms with Crippen LogP contribution in [0, 0.1) is 0 Å². The van der Waals surface area contributed by atoms with Gasteiger partial charge in [-0.3, -0.25) is 0 Å². The molecule has 0 bridgehead atoms. The molecule has 0 aliphatic heterocycles. The average molecular weight is 209 g/mol. The number of rotatable bonds is 6. The first kappa shape index (κ1) is 12.1. The van der Waals surface area contributed by atoms with E-state index in [4.69, 9.17) is 10.5 Å². The van der Waals surface area contributed by atoms with E-state index in [-0.39, 0.29) is 6.04 Å². The van der Waals surface area contributed by atoms with Crippen LogP contribution in [0.25, 0.3) is 0 Å². The number of methoxy groups -OCH3 is 1. The highest BCUT2D eigenvalue weighted by Gasteiger charge is 2.02. The van der Waals surface area contributed by atoms with Crippen LogP contribution in [0.3, 0.4) is 0 Å². The number of nitrogens with two attached hydrogens (primary N) is 1. The van der Waals surface area contributed by atoms with Gasteiger partial charge in [-0.1, -0.05) is 6.92 Å².